The highest BCUT2D eigenvalue weighted by molar-refractivity contribution is 6.31. The number of aromatic amines is 1. The van der Waals surface area contributed by atoms with Crippen molar-refractivity contribution in [1.82, 2.24) is 9.97 Å². The molecule has 0 aliphatic heterocycles. The van der Waals surface area contributed by atoms with Crippen molar-refractivity contribution in [3.05, 3.63) is 63.3 Å². The fourth-order valence-corrected chi connectivity index (χ4v) is 1.58. The maximum Gasteiger partial charge on any atom is 0.345 e. The molecule has 0 aliphatic rings. The zero-order valence-corrected chi connectivity index (χ0v) is 9.57. The van der Waals surface area contributed by atoms with Crippen molar-refractivity contribution in [1.29, 1.82) is 0 Å². The molecule has 1 N–H and O–H groups in total. The Morgan fingerprint density at radius 1 is 1.29 bits per heavy atom. The average Bonchev–Trinajstić information content (AvgIpc) is 2.35. The van der Waals surface area contributed by atoms with Crippen LogP contribution in [0.25, 0.3) is 0 Å². The predicted octanol–water partition coefficient (Wildman–Crippen LogP) is 1.85. The fraction of sp³-hybridized carbons (Fsp3) is 0.0833. The molecule has 4 nitrogen and oxygen atoms in total. The first-order valence-corrected chi connectivity index (χ1v) is 5.37. The summed E-state index contributed by atoms with van der Waals surface area (Å²) in [6.45, 7) is 0. The van der Waals surface area contributed by atoms with Crippen LogP contribution in [0.5, 0.6) is 0 Å². The molecule has 0 fully saturated rings. The zero-order chi connectivity index (χ0) is 12.3. The summed E-state index contributed by atoms with van der Waals surface area (Å²) in [5.74, 6) is -0.120. The highest BCUT2D eigenvalue weighted by Crippen LogP contribution is 2.12. The molecule has 0 bridgehead atoms. The second kappa shape index (κ2) is 4.93. The number of halogens is 1. The van der Waals surface area contributed by atoms with Crippen LogP contribution in [0, 0.1) is 0 Å². The van der Waals surface area contributed by atoms with Crippen molar-refractivity contribution < 1.29 is 4.79 Å². The highest BCUT2D eigenvalue weighted by Gasteiger charge is 2.11. The Kier molecular flexibility index (Phi) is 3.35. The van der Waals surface area contributed by atoms with E-state index in [1.807, 2.05) is 6.07 Å². The van der Waals surface area contributed by atoms with E-state index in [4.69, 9.17) is 11.6 Å². The van der Waals surface area contributed by atoms with Gasteiger partial charge >= 0.3 is 5.69 Å². The number of carbonyl (C=O) groups excluding carboxylic acids is 1. The largest absolute Gasteiger partial charge is 0.345 e. The normalized spacial score (nSPS) is 10.2. The van der Waals surface area contributed by atoms with Crippen LogP contribution in [0.1, 0.15) is 16.1 Å². The number of carbonyl (C=O) groups is 1. The van der Waals surface area contributed by atoms with Crippen molar-refractivity contribution in [2.24, 2.45) is 0 Å². The van der Waals surface area contributed by atoms with E-state index in [0.29, 0.717) is 11.3 Å². The topological polar surface area (TPSA) is 62.8 Å². The monoisotopic (exact) mass is 248 g/mol. The van der Waals surface area contributed by atoms with Gasteiger partial charge in [0, 0.05) is 11.8 Å². The standard InChI is InChI=1S/C12H9ClN2O2/c13-9-7-14-12(17)15-10(9)6-11(16)8-4-2-1-3-5-8/h1-5,7H,6H2,(H,14,15,17). The van der Waals surface area contributed by atoms with Crippen molar-refractivity contribution in [3.63, 3.8) is 0 Å². The second-order valence-electron chi connectivity index (χ2n) is 3.47. The number of H-pyrrole nitrogens is 1. The van der Waals surface area contributed by atoms with Crippen molar-refractivity contribution in [2.45, 2.75) is 6.42 Å². The van der Waals surface area contributed by atoms with Gasteiger partial charge in [0.1, 0.15) is 0 Å². The molecule has 2 aromatic rings. The zero-order valence-electron chi connectivity index (χ0n) is 8.81. The van der Waals surface area contributed by atoms with Crippen molar-refractivity contribution >= 4 is 17.4 Å². The lowest BCUT2D eigenvalue weighted by Gasteiger charge is -2.01. The Morgan fingerprint density at radius 2 is 2.00 bits per heavy atom. The maximum absolute atomic E-state index is 11.9. The van der Waals surface area contributed by atoms with Gasteiger partial charge in [0.15, 0.2) is 5.78 Å². The number of benzene rings is 1. The Labute approximate surface area is 102 Å². The minimum Gasteiger partial charge on any atom is -0.311 e. The van der Waals surface area contributed by atoms with Crippen LogP contribution < -0.4 is 5.69 Å². The number of nitrogens with one attached hydrogen (secondary N) is 1. The minimum atomic E-state index is -0.509. The van der Waals surface area contributed by atoms with Gasteiger partial charge in [-0.05, 0) is 0 Å². The first-order valence-electron chi connectivity index (χ1n) is 4.99. The van der Waals surface area contributed by atoms with Gasteiger partial charge in [-0.25, -0.2) is 4.79 Å². The van der Waals surface area contributed by atoms with Crippen LogP contribution in [0.3, 0.4) is 0 Å². The summed E-state index contributed by atoms with van der Waals surface area (Å²) in [7, 11) is 0. The Morgan fingerprint density at radius 3 is 2.71 bits per heavy atom. The van der Waals surface area contributed by atoms with E-state index in [0.717, 1.165) is 0 Å². The summed E-state index contributed by atoms with van der Waals surface area (Å²) in [6.07, 6.45) is 1.36. The smallest absolute Gasteiger partial charge is 0.311 e. The molecule has 1 aromatic heterocycles. The summed E-state index contributed by atoms with van der Waals surface area (Å²) in [5, 5.41) is 0.286. The summed E-state index contributed by atoms with van der Waals surface area (Å²) < 4.78 is 0. The molecule has 5 heteroatoms. The molecule has 0 unspecified atom stereocenters. The molecule has 0 saturated heterocycles. The van der Waals surface area contributed by atoms with Crippen molar-refractivity contribution in [3.8, 4) is 0 Å². The van der Waals surface area contributed by atoms with Gasteiger partial charge in [0.25, 0.3) is 0 Å². The third-order valence-corrected chi connectivity index (χ3v) is 2.59. The SMILES string of the molecule is O=C(Cc1nc(=O)[nH]cc1Cl)c1ccccc1. The predicted molar refractivity (Wildman–Crippen MR) is 64.3 cm³/mol. The number of rotatable bonds is 3. The maximum atomic E-state index is 11.9. The number of aromatic nitrogens is 2. The lowest BCUT2D eigenvalue weighted by molar-refractivity contribution is 0.0992. The Hall–Kier alpha value is -1.94. The number of hydrogen-bond donors (Lipinski definition) is 1. The molecule has 86 valence electrons. The number of ketones is 1. The molecular formula is C12H9ClN2O2. The minimum absolute atomic E-state index is 0.0206. The van der Waals surface area contributed by atoms with Crippen LogP contribution in [0.15, 0.2) is 41.3 Å². The molecular weight excluding hydrogens is 240 g/mol. The van der Waals surface area contributed by atoms with E-state index >= 15 is 0 Å². The molecule has 0 aliphatic carbocycles. The van der Waals surface area contributed by atoms with E-state index in [-0.39, 0.29) is 17.2 Å². The molecule has 0 amide bonds. The van der Waals surface area contributed by atoms with Crippen LogP contribution in [0.4, 0.5) is 0 Å². The van der Waals surface area contributed by atoms with Crippen LogP contribution in [-0.2, 0) is 6.42 Å². The number of nitrogens with zero attached hydrogens (tertiary/aromatic N) is 1. The third-order valence-electron chi connectivity index (χ3n) is 2.26. The van der Waals surface area contributed by atoms with Gasteiger partial charge in [-0.2, -0.15) is 4.98 Å². The fourth-order valence-electron chi connectivity index (χ4n) is 1.42. The molecule has 1 heterocycles. The van der Waals surface area contributed by atoms with Gasteiger partial charge in [-0.3, -0.25) is 4.79 Å². The summed E-state index contributed by atoms with van der Waals surface area (Å²) in [4.78, 5) is 28.9. The van der Waals surface area contributed by atoms with Crippen LogP contribution in [-0.4, -0.2) is 15.8 Å². The quantitative estimate of drug-likeness (QED) is 0.843. The van der Waals surface area contributed by atoms with Gasteiger partial charge < -0.3 is 4.98 Å². The average molecular weight is 249 g/mol. The molecule has 0 spiro atoms. The third kappa shape index (κ3) is 2.79. The number of hydrogen-bond acceptors (Lipinski definition) is 3. The molecule has 1 aromatic carbocycles. The van der Waals surface area contributed by atoms with E-state index in [2.05, 4.69) is 9.97 Å². The summed E-state index contributed by atoms with van der Waals surface area (Å²) in [5.41, 5.74) is 0.361. The van der Waals surface area contributed by atoms with Gasteiger partial charge in [-0.1, -0.05) is 41.9 Å². The van der Waals surface area contributed by atoms with Gasteiger partial charge in [0.05, 0.1) is 17.1 Å². The van der Waals surface area contributed by atoms with Gasteiger partial charge in [-0.15, -0.1) is 0 Å². The molecule has 2 rings (SSSR count). The molecule has 0 radical (unpaired) electrons. The molecule has 0 saturated carbocycles. The van der Waals surface area contributed by atoms with Gasteiger partial charge in [0.2, 0.25) is 0 Å². The first kappa shape index (κ1) is 11.5. The van der Waals surface area contributed by atoms with E-state index < -0.39 is 5.69 Å². The van der Waals surface area contributed by atoms with Crippen LogP contribution in [0.2, 0.25) is 5.02 Å². The lowest BCUT2D eigenvalue weighted by atomic mass is 10.1. The lowest BCUT2D eigenvalue weighted by Crippen LogP contribution is -2.15. The number of Topliss-reactive ketones (excluding diaryl/α,β-unsaturated/α-hetero) is 1. The van der Waals surface area contributed by atoms with E-state index in [1.165, 1.54) is 6.20 Å². The van der Waals surface area contributed by atoms with Crippen molar-refractivity contribution in [2.75, 3.05) is 0 Å². The van der Waals surface area contributed by atoms with Crippen LogP contribution >= 0.6 is 11.6 Å². The first-order chi connectivity index (χ1) is 8.16. The molecule has 0 atom stereocenters. The Bertz CT molecular complexity index is 593. The second-order valence-corrected chi connectivity index (χ2v) is 3.87. The summed E-state index contributed by atoms with van der Waals surface area (Å²) in [6, 6.07) is 8.81. The summed E-state index contributed by atoms with van der Waals surface area (Å²) >= 11 is 5.84. The Balaban J connectivity index is 2.25. The molecule has 17 heavy (non-hydrogen) atoms. The highest BCUT2D eigenvalue weighted by atomic mass is 35.5. The van der Waals surface area contributed by atoms with E-state index in [1.54, 1.807) is 24.3 Å². The van der Waals surface area contributed by atoms with E-state index in [9.17, 15) is 9.59 Å².